The number of hydrogen-bond acceptors (Lipinski definition) is 2. The quantitative estimate of drug-likeness (QED) is 0.828. The van der Waals surface area contributed by atoms with Gasteiger partial charge in [0.25, 0.3) is 0 Å². The van der Waals surface area contributed by atoms with Gasteiger partial charge in [0, 0.05) is 11.8 Å². The third-order valence-corrected chi connectivity index (χ3v) is 4.37. The lowest BCUT2D eigenvalue weighted by molar-refractivity contribution is 0.452. The van der Waals surface area contributed by atoms with Crippen LogP contribution in [0.3, 0.4) is 0 Å². The molecule has 1 aromatic rings. The maximum atomic E-state index is 6.03. The van der Waals surface area contributed by atoms with Gasteiger partial charge in [-0.1, -0.05) is 20.8 Å². The van der Waals surface area contributed by atoms with Gasteiger partial charge in [-0.05, 0) is 55.8 Å². The summed E-state index contributed by atoms with van der Waals surface area (Å²) < 4.78 is 6.03. The van der Waals surface area contributed by atoms with Crippen molar-refractivity contribution in [3.05, 3.63) is 23.7 Å². The SMILES string of the molecule is CC(C)CNCC1CC1c1ccc(C2CC2C)o1. The van der Waals surface area contributed by atoms with Gasteiger partial charge < -0.3 is 9.73 Å². The van der Waals surface area contributed by atoms with E-state index in [9.17, 15) is 0 Å². The minimum absolute atomic E-state index is 0.687. The minimum atomic E-state index is 0.687. The first kappa shape index (κ1) is 12.3. The molecule has 0 amide bonds. The van der Waals surface area contributed by atoms with E-state index >= 15 is 0 Å². The van der Waals surface area contributed by atoms with Crippen molar-refractivity contribution in [1.29, 1.82) is 0 Å². The lowest BCUT2D eigenvalue weighted by Crippen LogP contribution is -2.22. The van der Waals surface area contributed by atoms with Crippen LogP contribution in [-0.2, 0) is 0 Å². The summed E-state index contributed by atoms with van der Waals surface area (Å²) in [7, 11) is 0. The summed E-state index contributed by atoms with van der Waals surface area (Å²) in [5.41, 5.74) is 0. The van der Waals surface area contributed by atoms with Crippen molar-refractivity contribution in [1.82, 2.24) is 5.32 Å². The molecule has 3 rings (SSSR count). The molecule has 2 aliphatic rings. The smallest absolute Gasteiger partial charge is 0.107 e. The van der Waals surface area contributed by atoms with Gasteiger partial charge in [-0.3, -0.25) is 0 Å². The predicted molar refractivity (Wildman–Crippen MR) is 73.8 cm³/mol. The van der Waals surface area contributed by atoms with Crippen LogP contribution < -0.4 is 5.32 Å². The van der Waals surface area contributed by atoms with Crippen LogP contribution in [-0.4, -0.2) is 13.1 Å². The molecule has 0 spiro atoms. The van der Waals surface area contributed by atoms with E-state index in [1.165, 1.54) is 24.4 Å². The highest BCUT2D eigenvalue weighted by Crippen LogP contribution is 2.51. The van der Waals surface area contributed by atoms with Crippen molar-refractivity contribution in [3.8, 4) is 0 Å². The fourth-order valence-corrected chi connectivity index (χ4v) is 2.86. The zero-order valence-corrected chi connectivity index (χ0v) is 11.8. The third-order valence-electron chi connectivity index (χ3n) is 4.37. The third kappa shape index (κ3) is 2.64. The van der Waals surface area contributed by atoms with Gasteiger partial charge in [-0.25, -0.2) is 0 Å². The van der Waals surface area contributed by atoms with Crippen LogP contribution >= 0.6 is 0 Å². The van der Waals surface area contributed by atoms with Crippen LogP contribution in [0.5, 0.6) is 0 Å². The summed E-state index contributed by atoms with van der Waals surface area (Å²) >= 11 is 0. The Morgan fingerprint density at radius 1 is 1.22 bits per heavy atom. The molecule has 4 unspecified atom stereocenters. The lowest BCUT2D eigenvalue weighted by atomic mass is 10.2. The van der Waals surface area contributed by atoms with Crippen LogP contribution in [0.1, 0.15) is 57.0 Å². The zero-order valence-electron chi connectivity index (χ0n) is 11.8. The molecule has 2 aliphatic carbocycles. The summed E-state index contributed by atoms with van der Waals surface area (Å²) in [5, 5.41) is 3.55. The van der Waals surface area contributed by atoms with Gasteiger partial charge in [0.1, 0.15) is 11.5 Å². The molecule has 100 valence electrons. The molecule has 0 radical (unpaired) electrons. The van der Waals surface area contributed by atoms with Crippen LogP contribution in [0.2, 0.25) is 0 Å². The maximum Gasteiger partial charge on any atom is 0.107 e. The normalized spacial score (nSPS) is 34.0. The summed E-state index contributed by atoms with van der Waals surface area (Å²) in [5.74, 6) is 6.26. The zero-order chi connectivity index (χ0) is 12.7. The molecule has 2 saturated carbocycles. The van der Waals surface area contributed by atoms with Gasteiger partial charge in [-0.2, -0.15) is 0 Å². The molecule has 0 bridgehead atoms. The van der Waals surface area contributed by atoms with Crippen LogP contribution in [0, 0.1) is 17.8 Å². The number of furan rings is 1. The Morgan fingerprint density at radius 3 is 2.50 bits per heavy atom. The average molecular weight is 247 g/mol. The number of nitrogens with one attached hydrogen (secondary N) is 1. The second-order valence-corrected chi connectivity index (χ2v) is 6.71. The minimum Gasteiger partial charge on any atom is -0.465 e. The molecule has 2 heteroatoms. The number of hydrogen-bond donors (Lipinski definition) is 1. The molecule has 2 nitrogen and oxygen atoms in total. The molecule has 1 N–H and O–H groups in total. The molecule has 0 aromatic carbocycles. The van der Waals surface area contributed by atoms with Gasteiger partial charge in [0.15, 0.2) is 0 Å². The van der Waals surface area contributed by atoms with E-state index in [2.05, 4.69) is 38.2 Å². The summed E-state index contributed by atoms with van der Waals surface area (Å²) in [6.07, 6.45) is 2.62. The molecule has 4 atom stereocenters. The molecule has 2 fully saturated rings. The van der Waals surface area contributed by atoms with Crippen LogP contribution in [0.25, 0.3) is 0 Å². The topological polar surface area (TPSA) is 25.2 Å². The first-order valence-electron chi connectivity index (χ1n) is 7.45. The Hall–Kier alpha value is -0.760. The highest BCUT2D eigenvalue weighted by atomic mass is 16.3. The predicted octanol–water partition coefficient (Wildman–Crippen LogP) is 3.75. The van der Waals surface area contributed by atoms with Crippen molar-refractivity contribution < 1.29 is 4.42 Å². The van der Waals surface area contributed by atoms with Crippen molar-refractivity contribution in [2.75, 3.05) is 13.1 Å². The van der Waals surface area contributed by atoms with Gasteiger partial charge >= 0.3 is 0 Å². The summed E-state index contributed by atoms with van der Waals surface area (Å²) in [4.78, 5) is 0. The Kier molecular flexibility index (Phi) is 3.23. The molecule has 0 aliphatic heterocycles. The van der Waals surface area contributed by atoms with E-state index in [1.807, 2.05) is 0 Å². The summed E-state index contributed by atoms with van der Waals surface area (Å²) in [6.45, 7) is 9.10. The molecular formula is C16H25NO. The Bertz CT molecular complexity index is 409. The Balaban J connectivity index is 1.47. The largest absolute Gasteiger partial charge is 0.465 e. The van der Waals surface area contributed by atoms with E-state index in [0.29, 0.717) is 5.92 Å². The highest BCUT2D eigenvalue weighted by Gasteiger charge is 2.42. The highest BCUT2D eigenvalue weighted by molar-refractivity contribution is 5.23. The lowest BCUT2D eigenvalue weighted by Gasteiger charge is -2.06. The molecule has 1 heterocycles. The van der Waals surface area contributed by atoms with Crippen LogP contribution in [0.4, 0.5) is 0 Å². The monoisotopic (exact) mass is 247 g/mol. The molecular weight excluding hydrogens is 222 g/mol. The second kappa shape index (κ2) is 4.73. The van der Waals surface area contributed by atoms with E-state index in [-0.39, 0.29) is 0 Å². The first-order valence-corrected chi connectivity index (χ1v) is 7.45. The van der Waals surface area contributed by atoms with Crippen molar-refractivity contribution in [2.24, 2.45) is 17.8 Å². The average Bonchev–Trinajstić information content (AvgIpc) is 3.19. The van der Waals surface area contributed by atoms with E-state index in [4.69, 9.17) is 4.42 Å². The van der Waals surface area contributed by atoms with E-state index < -0.39 is 0 Å². The van der Waals surface area contributed by atoms with E-state index in [0.717, 1.165) is 36.8 Å². The summed E-state index contributed by atoms with van der Waals surface area (Å²) in [6, 6.07) is 4.42. The fourth-order valence-electron chi connectivity index (χ4n) is 2.86. The molecule has 0 saturated heterocycles. The maximum absolute atomic E-state index is 6.03. The van der Waals surface area contributed by atoms with Gasteiger partial charge in [-0.15, -0.1) is 0 Å². The first-order chi connectivity index (χ1) is 8.65. The van der Waals surface area contributed by atoms with Gasteiger partial charge in [0.2, 0.25) is 0 Å². The van der Waals surface area contributed by atoms with Crippen molar-refractivity contribution in [3.63, 3.8) is 0 Å². The van der Waals surface area contributed by atoms with Gasteiger partial charge in [0.05, 0.1) is 0 Å². The second-order valence-electron chi connectivity index (χ2n) is 6.71. The standard InChI is InChI=1S/C16H25NO/c1-10(2)8-17-9-12-7-14(12)16-5-4-15(18-16)13-6-11(13)3/h4-5,10-14,17H,6-9H2,1-3H3. The van der Waals surface area contributed by atoms with Crippen LogP contribution in [0.15, 0.2) is 16.5 Å². The Morgan fingerprint density at radius 2 is 1.89 bits per heavy atom. The molecule has 1 aromatic heterocycles. The number of rotatable bonds is 6. The fraction of sp³-hybridized carbons (Fsp3) is 0.750. The molecule has 18 heavy (non-hydrogen) atoms. The van der Waals surface area contributed by atoms with E-state index in [1.54, 1.807) is 0 Å². The Labute approximate surface area is 110 Å². The van der Waals surface area contributed by atoms with Crippen molar-refractivity contribution >= 4 is 0 Å². The van der Waals surface area contributed by atoms with Crippen molar-refractivity contribution in [2.45, 2.75) is 45.4 Å².